The number of fused-ring (bicyclic) bond motifs is 2. The first-order chi connectivity index (χ1) is 14.2. The highest BCUT2D eigenvalue weighted by Gasteiger charge is 2.28. The van der Waals surface area contributed by atoms with Crippen LogP contribution in [0.2, 0.25) is 0 Å². The zero-order valence-electron chi connectivity index (χ0n) is 15.9. The van der Waals surface area contributed by atoms with Crippen molar-refractivity contribution in [3.05, 3.63) is 59.4 Å². The van der Waals surface area contributed by atoms with Gasteiger partial charge in [0.25, 0.3) is 5.91 Å². The van der Waals surface area contributed by atoms with Crippen LogP contribution in [0.5, 0.6) is 0 Å². The first kappa shape index (κ1) is 17.9. The number of aromatic nitrogens is 2. The summed E-state index contributed by atoms with van der Waals surface area (Å²) in [6, 6.07) is 10.8. The van der Waals surface area contributed by atoms with E-state index in [2.05, 4.69) is 20.2 Å². The molecule has 1 aliphatic heterocycles. The predicted molar refractivity (Wildman–Crippen MR) is 108 cm³/mol. The van der Waals surface area contributed by atoms with Gasteiger partial charge in [-0.25, -0.2) is 9.97 Å². The van der Waals surface area contributed by atoms with Gasteiger partial charge in [0.2, 0.25) is 0 Å². The molecule has 0 unspecified atom stereocenters. The maximum atomic E-state index is 13.0. The molecule has 0 bridgehead atoms. The van der Waals surface area contributed by atoms with E-state index < -0.39 is 0 Å². The number of ether oxygens (including phenoxy) is 1. The number of carbonyl (C=O) groups is 2. The van der Waals surface area contributed by atoms with Gasteiger partial charge in [0, 0.05) is 48.3 Å². The van der Waals surface area contributed by atoms with E-state index in [9.17, 15) is 9.59 Å². The zero-order chi connectivity index (χ0) is 19.8. The minimum Gasteiger partial charge on any atom is -0.379 e. The lowest BCUT2D eigenvalue weighted by Gasteiger charge is -2.26. The molecule has 29 heavy (non-hydrogen) atoms. The molecule has 0 saturated carbocycles. The van der Waals surface area contributed by atoms with Crippen LogP contribution in [0.25, 0.3) is 22.2 Å². The minimum atomic E-state index is -0.194. The Bertz CT molecular complexity index is 1120. The average Bonchev–Trinajstić information content (AvgIpc) is 2.77. The number of ketones is 1. The highest BCUT2D eigenvalue weighted by Crippen LogP contribution is 2.37. The summed E-state index contributed by atoms with van der Waals surface area (Å²) >= 11 is 0. The van der Waals surface area contributed by atoms with E-state index in [1.807, 2.05) is 18.2 Å². The van der Waals surface area contributed by atoms with Crippen LogP contribution >= 0.6 is 0 Å². The fourth-order valence-corrected chi connectivity index (χ4v) is 4.03. The van der Waals surface area contributed by atoms with Crippen molar-refractivity contribution in [2.45, 2.75) is 0 Å². The van der Waals surface area contributed by atoms with E-state index in [4.69, 9.17) is 4.74 Å². The van der Waals surface area contributed by atoms with Crippen LogP contribution < -0.4 is 5.32 Å². The highest BCUT2D eigenvalue weighted by atomic mass is 16.5. The summed E-state index contributed by atoms with van der Waals surface area (Å²) in [5.74, 6) is -0.257. The number of benzene rings is 2. The molecule has 1 fully saturated rings. The summed E-state index contributed by atoms with van der Waals surface area (Å²) in [7, 11) is 0. The number of morpholine rings is 1. The number of nitrogens with one attached hydrogen (secondary N) is 1. The van der Waals surface area contributed by atoms with Crippen LogP contribution in [0.15, 0.2) is 42.7 Å². The lowest BCUT2D eigenvalue weighted by atomic mass is 9.86. The second kappa shape index (κ2) is 7.35. The third-order valence-corrected chi connectivity index (χ3v) is 5.52. The van der Waals surface area contributed by atoms with Crippen molar-refractivity contribution in [1.82, 2.24) is 20.2 Å². The van der Waals surface area contributed by atoms with Gasteiger partial charge in [0.05, 0.1) is 30.0 Å². The second-order valence-corrected chi connectivity index (χ2v) is 7.19. The highest BCUT2D eigenvalue weighted by molar-refractivity contribution is 6.26. The molecule has 7 heteroatoms. The summed E-state index contributed by atoms with van der Waals surface area (Å²) in [5, 5.41) is 3.63. The Labute approximate surface area is 167 Å². The molecule has 2 heterocycles. The number of rotatable bonds is 4. The van der Waals surface area contributed by atoms with Crippen LogP contribution in [0, 0.1) is 0 Å². The number of carbonyl (C=O) groups excluding carboxylic acids is 2. The average molecular weight is 388 g/mol. The molecule has 1 N–H and O–H groups in total. The van der Waals surface area contributed by atoms with E-state index in [1.54, 1.807) is 18.2 Å². The van der Waals surface area contributed by atoms with Crippen molar-refractivity contribution in [1.29, 1.82) is 0 Å². The van der Waals surface area contributed by atoms with Gasteiger partial charge in [-0.2, -0.15) is 0 Å². The molecule has 146 valence electrons. The molecule has 0 atom stereocenters. The molecular formula is C22H20N4O3. The number of amides is 1. The van der Waals surface area contributed by atoms with Crippen LogP contribution in [0.1, 0.15) is 26.3 Å². The molecule has 1 amide bonds. The Morgan fingerprint density at radius 3 is 2.66 bits per heavy atom. The Morgan fingerprint density at radius 1 is 1.03 bits per heavy atom. The van der Waals surface area contributed by atoms with Crippen LogP contribution in [0.3, 0.4) is 0 Å². The van der Waals surface area contributed by atoms with E-state index in [-0.39, 0.29) is 11.7 Å². The van der Waals surface area contributed by atoms with Gasteiger partial charge < -0.3 is 10.1 Å². The molecule has 2 aliphatic rings. The van der Waals surface area contributed by atoms with Gasteiger partial charge in [-0.15, -0.1) is 0 Å². The largest absolute Gasteiger partial charge is 0.379 e. The molecular weight excluding hydrogens is 368 g/mol. The smallest absolute Gasteiger partial charge is 0.253 e. The molecule has 1 aromatic heterocycles. The maximum Gasteiger partial charge on any atom is 0.253 e. The van der Waals surface area contributed by atoms with Crippen molar-refractivity contribution >= 4 is 22.6 Å². The topological polar surface area (TPSA) is 84.4 Å². The van der Waals surface area contributed by atoms with Crippen molar-refractivity contribution < 1.29 is 14.3 Å². The molecule has 0 radical (unpaired) electrons. The van der Waals surface area contributed by atoms with Crippen molar-refractivity contribution in [3.63, 3.8) is 0 Å². The zero-order valence-corrected chi connectivity index (χ0v) is 15.9. The lowest BCUT2D eigenvalue weighted by molar-refractivity contribution is 0.0383. The summed E-state index contributed by atoms with van der Waals surface area (Å²) in [6.45, 7) is 4.54. The molecule has 5 rings (SSSR count). The molecule has 7 nitrogen and oxygen atoms in total. The Balaban J connectivity index is 1.47. The normalized spacial score (nSPS) is 15.9. The second-order valence-electron chi connectivity index (χ2n) is 7.19. The Kier molecular flexibility index (Phi) is 4.54. The maximum absolute atomic E-state index is 13.0. The fourth-order valence-electron chi connectivity index (χ4n) is 4.03. The van der Waals surface area contributed by atoms with Crippen LogP contribution in [0.4, 0.5) is 0 Å². The lowest BCUT2D eigenvalue weighted by Crippen LogP contribution is -2.41. The number of nitrogens with zero attached hydrogens (tertiary/aromatic N) is 3. The summed E-state index contributed by atoms with van der Waals surface area (Å²) in [6.07, 6.45) is 1.46. The third-order valence-electron chi connectivity index (χ3n) is 5.52. The molecule has 2 aromatic carbocycles. The first-order valence-corrected chi connectivity index (χ1v) is 9.74. The summed E-state index contributed by atoms with van der Waals surface area (Å²) in [5.41, 5.74) is 3.62. The molecule has 3 aromatic rings. The molecule has 1 saturated heterocycles. The van der Waals surface area contributed by atoms with Gasteiger partial charge in [-0.1, -0.05) is 24.3 Å². The van der Waals surface area contributed by atoms with Crippen LogP contribution in [-0.2, 0) is 4.74 Å². The minimum absolute atomic E-state index is 0.0628. The molecule has 1 aliphatic carbocycles. The van der Waals surface area contributed by atoms with Gasteiger partial charge in [0.15, 0.2) is 5.78 Å². The van der Waals surface area contributed by atoms with E-state index in [0.29, 0.717) is 39.8 Å². The van der Waals surface area contributed by atoms with Crippen molar-refractivity contribution in [2.75, 3.05) is 39.4 Å². The van der Waals surface area contributed by atoms with Gasteiger partial charge >= 0.3 is 0 Å². The SMILES string of the molecule is O=C(NCCN1CCOCC1)c1ccc2c3c(ncnc13)-c1ccccc1C2=O. The van der Waals surface area contributed by atoms with E-state index in [1.165, 1.54) is 6.33 Å². The van der Waals surface area contributed by atoms with E-state index in [0.717, 1.165) is 38.4 Å². The van der Waals surface area contributed by atoms with Crippen molar-refractivity contribution in [3.8, 4) is 11.3 Å². The number of hydrogen-bond donors (Lipinski definition) is 1. The van der Waals surface area contributed by atoms with E-state index >= 15 is 0 Å². The Hall–Kier alpha value is -3.16. The third kappa shape index (κ3) is 3.08. The van der Waals surface area contributed by atoms with Gasteiger partial charge in [-0.05, 0) is 12.1 Å². The standard InChI is InChI=1S/C22H20N4O3/c27-21-15-4-2-1-3-14(15)19-18-16(21)5-6-17(20(18)25-13-24-19)22(28)23-7-8-26-9-11-29-12-10-26/h1-6,13H,7-12H2,(H,23,28). The Morgan fingerprint density at radius 2 is 1.83 bits per heavy atom. The first-order valence-electron chi connectivity index (χ1n) is 9.74. The fraction of sp³-hybridized carbons (Fsp3) is 0.273. The quantitative estimate of drug-likeness (QED) is 0.575. The number of hydrogen-bond acceptors (Lipinski definition) is 6. The monoisotopic (exact) mass is 388 g/mol. The summed E-state index contributed by atoms with van der Waals surface area (Å²) < 4.78 is 5.35. The molecule has 0 spiro atoms. The summed E-state index contributed by atoms with van der Waals surface area (Å²) in [4.78, 5) is 36.9. The predicted octanol–water partition coefficient (Wildman–Crippen LogP) is 1.90. The van der Waals surface area contributed by atoms with Gasteiger partial charge in [-0.3, -0.25) is 14.5 Å². The van der Waals surface area contributed by atoms with Crippen molar-refractivity contribution in [2.24, 2.45) is 0 Å². The van der Waals surface area contributed by atoms with Crippen LogP contribution in [-0.4, -0.2) is 66.0 Å². The van der Waals surface area contributed by atoms with Gasteiger partial charge in [0.1, 0.15) is 6.33 Å².